The standard InChI is InChI=1S/C11H14N2O2/c1-7-6-10(12)13-8(2)9(7)4-5-11(14)15-3/h4-6H,1-3H3,(H2,12,13). The molecule has 80 valence electrons. The second-order valence-electron chi connectivity index (χ2n) is 3.22. The number of hydrogen-bond donors (Lipinski definition) is 1. The fraction of sp³-hybridized carbons (Fsp3) is 0.273. The maximum Gasteiger partial charge on any atom is 0.330 e. The predicted octanol–water partition coefficient (Wildman–Crippen LogP) is 1.47. The van der Waals surface area contributed by atoms with Crippen LogP contribution in [0.2, 0.25) is 0 Å². The Morgan fingerprint density at radius 2 is 2.20 bits per heavy atom. The highest BCUT2D eigenvalue weighted by Gasteiger charge is 2.02. The van der Waals surface area contributed by atoms with Crippen LogP contribution in [-0.4, -0.2) is 18.1 Å². The summed E-state index contributed by atoms with van der Waals surface area (Å²) in [5.41, 5.74) is 8.27. The molecule has 4 nitrogen and oxygen atoms in total. The van der Waals surface area contributed by atoms with Crippen molar-refractivity contribution in [3.63, 3.8) is 0 Å². The fourth-order valence-electron chi connectivity index (χ4n) is 1.34. The molecule has 0 aliphatic carbocycles. The maximum atomic E-state index is 10.9. The van der Waals surface area contributed by atoms with Crippen LogP contribution in [0.3, 0.4) is 0 Å². The summed E-state index contributed by atoms with van der Waals surface area (Å²) in [6, 6.07) is 1.77. The summed E-state index contributed by atoms with van der Waals surface area (Å²) in [7, 11) is 1.34. The third kappa shape index (κ3) is 2.80. The molecule has 0 aliphatic heterocycles. The quantitative estimate of drug-likeness (QED) is 0.587. The number of aromatic nitrogens is 1. The van der Waals surface area contributed by atoms with Crippen molar-refractivity contribution in [2.75, 3.05) is 12.8 Å². The molecule has 1 aromatic rings. The maximum absolute atomic E-state index is 10.9. The lowest BCUT2D eigenvalue weighted by Gasteiger charge is -2.05. The van der Waals surface area contributed by atoms with Crippen molar-refractivity contribution in [3.05, 3.63) is 29.0 Å². The van der Waals surface area contributed by atoms with E-state index in [1.807, 2.05) is 13.8 Å². The highest BCUT2D eigenvalue weighted by molar-refractivity contribution is 5.87. The monoisotopic (exact) mass is 206 g/mol. The molecule has 0 spiro atoms. The Balaban J connectivity index is 3.05. The molecule has 0 amide bonds. The number of ether oxygens (including phenoxy) is 1. The summed E-state index contributed by atoms with van der Waals surface area (Å²) in [6.45, 7) is 3.77. The molecule has 0 bridgehead atoms. The average Bonchev–Trinajstić information content (AvgIpc) is 2.15. The van der Waals surface area contributed by atoms with Gasteiger partial charge in [0, 0.05) is 11.8 Å². The first-order valence-corrected chi connectivity index (χ1v) is 4.54. The number of methoxy groups -OCH3 is 1. The molecule has 1 rings (SSSR count). The molecule has 4 heteroatoms. The minimum absolute atomic E-state index is 0.384. The highest BCUT2D eigenvalue weighted by Crippen LogP contribution is 2.16. The van der Waals surface area contributed by atoms with E-state index in [0.29, 0.717) is 5.82 Å². The molecule has 2 N–H and O–H groups in total. The SMILES string of the molecule is COC(=O)C=Cc1c(C)cc(N)nc1C. The van der Waals surface area contributed by atoms with Gasteiger partial charge in [-0.1, -0.05) is 0 Å². The number of esters is 1. The van der Waals surface area contributed by atoms with Gasteiger partial charge in [-0.2, -0.15) is 0 Å². The molecule has 0 fully saturated rings. The lowest BCUT2D eigenvalue weighted by molar-refractivity contribution is -0.134. The van der Waals surface area contributed by atoms with Gasteiger partial charge in [-0.05, 0) is 37.1 Å². The van der Waals surface area contributed by atoms with E-state index in [0.717, 1.165) is 16.8 Å². The number of pyridine rings is 1. The molecular weight excluding hydrogens is 192 g/mol. The van der Waals surface area contributed by atoms with E-state index in [2.05, 4.69) is 9.72 Å². The number of carbonyl (C=O) groups is 1. The van der Waals surface area contributed by atoms with Gasteiger partial charge < -0.3 is 10.5 Å². The number of rotatable bonds is 2. The van der Waals surface area contributed by atoms with Crippen LogP contribution in [0.5, 0.6) is 0 Å². The first-order chi connectivity index (χ1) is 7.04. The van der Waals surface area contributed by atoms with Gasteiger partial charge in [-0.25, -0.2) is 9.78 Å². The number of nitrogen functional groups attached to an aromatic ring is 1. The van der Waals surface area contributed by atoms with Crippen LogP contribution in [0, 0.1) is 13.8 Å². The Hall–Kier alpha value is -1.84. The number of nitrogens with two attached hydrogens (primary N) is 1. The summed E-state index contributed by atoms with van der Waals surface area (Å²) < 4.78 is 4.50. The summed E-state index contributed by atoms with van der Waals surface area (Å²) in [6.07, 6.45) is 3.05. The lowest BCUT2D eigenvalue weighted by atomic mass is 10.1. The van der Waals surface area contributed by atoms with E-state index >= 15 is 0 Å². The van der Waals surface area contributed by atoms with Crippen molar-refractivity contribution in [1.82, 2.24) is 4.98 Å². The lowest BCUT2D eigenvalue weighted by Crippen LogP contribution is -1.98. The Morgan fingerprint density at radius 3 is 2.73 bits per heavy atom. The number of anilines is 1. The highest BCUT2D eigenvalue weighted by atomic mass is 16.5. The van der Waals surface area contributed by atoms with Gasteiger partial charge in [-0.3, -0.25) is 0 Å². The summed E-state index contributed by atoms with van der Waals surface area (Å²) >= 11 is 0. The first-order valence-electron chi connectivity index (χ1n) is 4.54. The van der Waals surface area contributed by atoms with E-state index < -0.39 is 0 Å². The van der Waals surface area contributed by atoms with Crippen LogP contribution in [0.1, 0.15) is 16.8 Å². The van der Waals surface area contributed by atoms with Gasteiger partial charge in [0.25, 0.3) is 0 Å². The van der Waals surface area contributed by atoms with Crippen molar-refractivity contribution in [3.8, 4) is 0 Å². The topological polar surface area (TPSA) is 65.2 Å². The largest absolute Gasteiger partial charge is 0.466 e. The second kappa shape index (κ2) is 4.59. The number of carbonyl (C=O) groups excluding carboxylic acids is 1. The van der Waals surface area contributed by atoms with E-state index in [1.165, 1.54) is 13.2 Å². The van der Waals surface area contributed by atoms with Crippen molar-refractivity contribution in [2.24, 2.45) is 0 Å². The first kappa shape index (κ1) is 11.2. The van der Waals surface area contributed by atoms with Crippen LogP contribution in [0.15, 0.2) is 12.1 Å². The van der Waals surface area contributed by atoms with Crippen LogP contribution in [-0.2, 0) is 9.53 Å². The van der Waals surface area contributed by atoms with Crippen LogP contribution >= 0.6 is 0 Å². The van der Waals surface area contributed by atoms with Gasteiger partial charge in [0.1, 0.15) is 5.82 Å². The molecule has 0 aromatic carbocycles. The zero-order valence-electron chi connectivity index (χ0n) is 9.07. The zero-order valence-corrected chi connectivity index (χ0v) is 9.07. The minimum Gasteiger partial charge on any atom is -0.466 e. The van der Waals surface area contributed by atoms with Crippen molar-refractivity contribution in [1.29, 1.82) is 0 Å². The van der Waals surface area contributed by atoms with Crippen molar-refractivity contribution in [2.45, 2.75) is 13.8 Å². The molecule has 0 unspecified atom stereocenters. The van der Waals surface area contributed by atoms with Gasteiger partial charge in [0.05, 0.1) is 7.11 Å². The summed E-state index contributed by atoms with van der Waals surface area (Å²) in [5, 5.41) is 0. The smallest absolute Gasteiger partial charge is 0.330 e. The van der Waals surface area contributed by atoms with Crippen LogP contribution in [0.4, 0.5) is 5.82 Å². The normalized spacial score (nSPS) is 10.6. The van der Waals surface area contributed by atoms with Crippen molar-refractivity contribution >= 4 is 17.9 Å². The molecule has 0 aliphatic rings. The number of hydrogen-bond acceptors (Lipinski definition) is 4. The Labute approximate surface area is 88.8 Å². The summed E-state index contributed by atoms with van der Waals surface area (Å²) in [5.74, 6) is 0.103. The van der Waals surface area contributed by atoms with Gasteiger partial charge in [-0.15, -0.1) is 0 Å². The summed E-state index contributed by atoms with van der Waals surface area (Å²) in [4.78, 5) is 15.0. The van der Waals surface area contributed by atoms with Gasteiger partial charge >= 0.3 is 5.97 Å². The van der Waals surface area contributed by atoms with Gasteiger partial charge in [0.2, 0.25) is 0 Å². The van der Waals surface area contributed by atoms with E-state index in [4.69, 9.17) is 5.73 Å². The molecule has 1 aromatic heterocycles. The Kier molecular flexibility index (Phi) is 3.44. The number of aryl methyl sites for hydroxylation is 2. The molecular formula is C11H14N2O2. The van der Waals surface area contributed by atoms with Crippen LogP contribution in [0.25, 0.3) is 6.08 Å². The minimum atomic E-state index is -0.384. The second-order valence-corrected chi connectivity index (χ2v) is 3.22. The molecule has 0 atom stereocenters. The van der Waals surface area contributed by atoms with Gasteiger partial charge in [0.15, 0.2) is 0 Å². The third-order valence-electron chi connectivity index (χ3n) is 2.06. The molecule has 0 saturated heterocycles. The fourth-order valence-corrected chi connectivity index (χ4v) is 1.34. The zero-order chi connectivity index (χ0) is 11.4. The molecule has 0 radical (unpaired) electrons. The molecule has 1 heterocycles. The number of nitrogens with zero attached hydrogens (tertiary/aromatic N) is 1. The van der Waals surface area contributed by atoms with Crippen molar-refractivity contribution < 1.29 is 9.53 Å². The van der Waals surface area contributed by atoms with E-state index in [9.17, 15) is 4.79 Å². The van der Waals surface area contributed by atoms with E-state index in [-0.39, 0.29) is 5.97 Å². The van der Waals surface area contributed by atoms with E-state index in [1.54, 1.807) is 12.1 Å². The molecule has 15 heavy (non-hydrogen) atoms. The van der Waals surface area contributed by atoms with Crippen LogP contribution < -0.4 is 5.73 Å². The third-order valence-corrected chi connectivity index (χ3v) is 2.06. The predicted molar refractivity (Wildman–Crippen MR) is 59.2 cm³/mol. The Morgan fingerprint density at radius 1 is 1.53 bits per heavy atom. The average molecular weight is 206 g/mol. The Bertz CT molecular complexity index is 388. The molecule has 0 saturated carbocycles.